The Kier molecular flexibility index (Phi) is 3.34. The number of hydrogen-bond donors (Lipinski definition) is 1. The zero-order valence-electron chi connectivity index (χ0n) is 10.00. The second-order valence-corrected chi connectivity index (χ2v) is 6.19. The second kappa shape index (κ2) is 4.78. The summed E-state index contributed by atoms with van der Waals surface area (Å²) in [4.78, 5) is 4.39. The lowest BCUT2D eigenvalue weighted by Crippen LogP contribution is -1.99. The van der Waals surface area contributed by atoms with Crippen LogP contribution in [0, 0.1) is 0 Å². The van der Waals surface area contributed by atoms with Crippen molar-refractivity contribution in [3.63, 3.8) is 0 Å². The maximum Gasteiger partial charge on any atom is 0.177 e. The largest absolute Gasteiger partial charge is 0.399 e. The summed E-state index contributed by atoms with van der Waals surface area (Å²) in [5.41, 5.74) is 8.24. The van der Waals surface area contributed by atoms with Crippen molar-refractivity contribution in [1.29, 1.82) is 0 Å². The molecule has 0 aliphatic rings. The molecular weight excluding hydrogens is 248 g/mol. The van der Waals surface area contributed by atoms with E-state index >= 15 is 0 Å². The molecule has 2 N–H and O–H groups in total. The average Bonchev–Trinajstić information content (AvgIpc) is 2.32. The van der Waals surface area contributed by atoms with E-state index in [0.717, 1.165) is 16.9 Å². The molecule has 0 aliphatic heterocycles. The lowest BCUT2D eigenvalue weighted by atomic mass is 10.1. The van der Waals surface area contributed by atoms with Crippen LogP contribution in [0.25, 0.3) is 0 Å². The summed E-state index contributed by atoms with van der Waals surface area (Å²) in [6.07, 6.45) is 3.22. The van der Waals surface area contributed by atoms with Crippen LogP contribution in [0.3, 0.4) is 0 Å². The summed E-state index contributed by atoms with van der Waals surface area (Å²) < 4.78 is 22.6. The Balaban J connectivity index is 2.18. The number of anilines is 1. The van der Waals surface area contributed by atoms with E-state index in [-0.39, 0.29) is 4.90 Å². The normalized spacial score (nSPS) is 11.4. The van der Waals surface area contributed by atoms with Gasteiger partial charge in [0, 0.05) is 30.3 Å². The lowest BCUT2D eigenvalue weighted by molar-refractivity contribution is 0.601. The maximum absolute atomic E-state index is 11.3. The Labute approximate surface area is 106 Å². The van der Waals surface area contributed by atoms with Crippen molar-refractivity contribution >= 4 is 15.5 Å². The van der Waals surface area contributed by atoms with Crippen molar-refractivity contribution in [2.75, 3.05) is 12.0 Å². The van der Waals surface area contributed by atoms with Crippen LogP contribution in [0.4, 0.5) is 5.69 Å². The second-order valence-electron chi connectivity index (χ2n) is 4.18. The van der Waals surface area contributed by atoms with Gasteiger partial charge in [-0.15, -0.1) is 0 Å². The van der Waals surface area contributed by atoms with Gasteiger partial charge in [-0.1, -0.05) is 12.1 Å². The van der Waals surface area contributed by atoms with Crippen molar-refractivity contribution in [3.8, 4) is 0 Å². The summed E-state index contributed by atoms with van der Waals surface area (Å²) in [5, 5.41) is 0. The van der Waals surface area contributed by atoms with Gasteiger partial charge in [0.25, 0.3) is 0 Å². The third-order valence-electron chi connectivity index (χ3n) is 2.59. The van der Waals surface area contributed by atoms with Gasteiger partial charge in [0.15, 0.2) is 9.84 Å². The lowest BCUT2D eigenvalue weighted by Gasteiger charge is -2.03. The van der Waals surface area contributed by atoms with Gasteiger partial charge in [0.1, 0.15) is 0 Å². The van der Waals surface area contributed by atoms with E-state index in [4.69, 9.17) is 5.73 Å². The summed E-state index contributed by atoms with van der Waals surface area (Å²) >= 11 is 0. The van der Waals surface area contributed by atoms with Crippen LogP contribution in [0.15, 0.2) is 47.5 Å². The molecule has 2 rings (SSSR count). The first-order chi connectivity index (χ1) is 8.45. The molecule has 0 fully saturated rings. The van der Waals surface area contributed by atoms with Gasteiger partial charge in [-0.2, -0.15) is 0 Å². The van der Waals surface area contributed by atoms with Gasteiger partial charge < -0.3 is 5.73 Å². The molecule has 0 unspecified atom stereocenters. The van der Waals surface area contributed by atoms with Crippen molar-refractivity contribution in [2.45, 2.75) is 11.3 Å². The topological polar surface area (TPSA) is 73.0 Å². The smallest absolute Gasteiger partial charge is 0.177 e. The molecule has 1 heterocycles. The van der Waals surface area contributed by atoms with Gasteiger partial charge in [0.05, 0.1) is 4.90 Å². The maximum atomic E-state index is 11.3. The Hall–Kier alpha value is -1.88. The highest BCUT2D eigenvalue weighted by Gasteiger charge is 2.07. The van der Waals surface area contributed by atoms with Crippen molar-refractivity contribution < 1.29 is 8.42 Å². The van der Waals surface area contributed by atoms with Gasteiger partial charge in [0.2, 0.25) is 0 Å². The minimum absolute atomic E-state index is 0.239. The zero-order valence-corrected chi connectivity index (χ0v) is 10.8. The fourth-order valence-corrected chi connectivity index (χ4v) is 2.14. The molecule has 0 spiro atoms. The average molecular weight is 262 g/mol. The van der Waals surface area contributed by atoms with E-state index in [0.29, 0.717) is 6.42 Å². The molecule has 1 aromatic carbocycles. The predicted octanol–water partition coefficient (Wildman–Crippen LogP) is 1.66. The third kappa shape index (κ3) is 3.07. The van der Waals surface area contributed by atoms with Crippen LogP contribution < -0.4 is 5.73 Å². The number of nitrogen functional groups attached to an aromatic ring is 1. The van der Waals surface area contributed by atoms with Gasteiger partial charge in [-0.3, -0.25) is 4.98 Å². The Morgan fingerprint density at radius 2 is 1.78 bits per heavy atom. The predicted molar refractivity (Wildman–Crippen MR) is 71.0 cm³/mol. The molecule has 18 heavy (non-hydrogen) atoms. The number of nitrogens with two attached hydrogens (primary N) is 1. The van der Waals surface area contributed by atoms with E-state index in [9.17, 15) is 8.42 Å². The van der Waals surface area contributed by atoms with Crippen LogP contribution in [-0.4, -0.2) is 19.7 Å². The molecule has 1 aromatic heterocycles. The standard InChI is InChI=1S/C13H14N2O2S/c1-18(16,17)13-7-6-12(15-9-13)8-10-2-4-11(14)5-3-10/h2-7,9H,8,14H2,1H3. The SMILES string of the molecule is CS(=O)(=O)c1ccc(Cc2ccc(N)cc2)nc1. The number of pyridine rings is 1. The summed E-state index contributed by atoms with van der Waals surface area (Å²) in [6, 6.07) is 10.8. The van der Waals surface area contributed by atoms with Crippen LogP contribution in [-0.2, 0) is 16.3 Å². The quantitative estimate of drug-likeness (QED) is 0.854. The highest BCUT2D eigenvalue weighted by atomic mass is 32.2. The molecule has 0 radical (unpaired) electrons. The first-order valence-electron chi connectivity index (χ1n) is 5.44. The van der Waals surface area contributed by atoms with Crippen LogP contribution in [0.5, 0.6) is 0 Å². The molecule has 2 aromatic rings. The minimum atomic E-state index is -3.18. The molecule has 94 valence electrons. The number of aromatic nitrogens is 1. The summed E-state index contributed by atoms with van der Waals surface area (Å²) in [7, 11) is -3.18. The molecular formula is C13H14N2O2S. The van der Waals surface area contributed by atoms with Crippen LogP contribution in [0.2, 0.25) is 0 Å². The fraction of sp³-hybridized carbons (Fsp3) is 0.154. The summed E-state index contributed by atoms with van der Waals surface area (Å²) in [6.45, 7) is 0. The molecule has 0 amide bonds. The Bertz CT molecular complexity index is 632. The highest BCUT2D eigenvalue weighted by Crippen LogP contribution is 2.12. The first-order valence-corrected chi connectivity index (χ1v) is 7.34. The van der Waals surface area contributed by atoms with Crippen LogP contribution in [0.1, 0.15) is 11.3 Å². The van der Waals surface area contributed by atoms with Gasteiger partial charge in [-0.25, -0.2) is 8.42 Å². The molecule has 0 bridgehead atoms. The zero-order chi connectivity index (χ0) is 13.2. The van der Waals surface area contributed by atoms with Gasteiger partial charge in [-0.05, 0) is 29.8 Å². The number of sulfone groups is 1. The molecule has 0 atom stereocenters. The number of nitrogens with zero attached hydrogens (tertiary/aromatic N) is 1. The van der Waals surface area contributed by atoms with E-state index in [2.05, 4.69) is 4.98 Å². The molecule has 0 aliphatic carbocycles. The summed E-state index contributed by atoms with van der Waals surface area (Å²) in [5.74, 6) is 0. The van der Waals surface area contributed by atoms with E-state index < -0.39 is 9.84 Å². The minimum Gasteiger partial charge on any atom is -0.399 e. The number of rotatable bonds is 3. The van der Waals surface area contributed by atoms with E-state index in [1.165, 1.54) is 12.5 Å². The first kappa shape index (κ1) is 12.6. The Morgan fingerprint density at radius 1 is 1.11 bits per heavy atom. The third-order valence-corrected chi connectivity index (χ3v) is 3.69. The monoisotopic (exact) mass is 262 g/mol. The molecule has 0 saturated heterocycles. The molecule has 0 saturated carbocycles. The van der Waals surface area contributed by atoms with E-state index in [1.807, 2.05) is 24.3 Å². The van der Waals surface area contributed by atoms with Crippen molar-refractivity contribution in [3.05, 3.63) is 53.9 Å². The number of benzene rings is 1. The van der Waals surface area contributed by atoms with Crippen molar-refractivity contribution in [1.82, 2.24) is 4.98 Å². The Morgan fingerprint density at radius 3 is 2.28 bits per heavy atom. The molecule has 5 heteroatoms. The van der Waals surface area contributed by atoms with Gasteiger partial charge >= 0.3 is 0 Å². The van der Waals surface area contributed by atoms with E-state index in [1.54, 1.807) is 12.1 Å². The molecule has 4 nitrogen and oxygen atoms in total. The highest BCUT2D eigenvalue weighted by molar-refractivity contribution is 7.90. The van der Waals surface area contributed by atoms with Crippen LogP contribution >= 0.6 is 0 Å². The van der Waals surface area contributed by atoms with Crippen molar-refractivity contribution in [2.24, 2.45) is 0 Å². The fourth-order valence-electron chi connectivity index (χ4n) is 1.58. The number of hydrogen-bond acceptors (Lipinski definition) is 4.